The van der Waals surface area contributed by atoms with Gasteiger partial charge in [-0.1, -0.05) is 91.0 Å². The van der Waals surface area contributed by atoms with Gasteiger partial charge in [0.15, 0.2) is 5.82 Å². The lowest BCUT2D eigenvalue weighted by Gasteiger charge is -2.17. The molecule has 0 aliphatic heterocycles. The van der Waals surface area contributed by atoms with E-state index in [0.29, 0.717) is 5.82 Å². The fourth-order valence-corrected chi connectivity index (χ4v) is 3.94. The number of nitrogens with zero attached hydrogens (tertiary/aromatic N) is 3. The number of hydrazone groups is 1. The highest BCUT2D eigenvalue weighted by Crippen LogP contribution is 2.41. The van der Waals surface area contributed by atoms with Crippen LogP contribution in [0.25, 0.3) is 33.5 Å². The Morgan fingerprint density at radius 1 is 0.629 bits per heavy atom. The van der Waals surface area contributed by atoms with E-state index in [1.165, 1.54) is 0 Å². The molecule has 4 aromatic carbocycles. The third kappa shape index (κ3) is 4.94. The first-order valence-electron chi connectivity index (χ1n) is 11.3. The van der Waals surface area contributed by atoms with E-state index >= 15 is 0 Å². The van der Waals surface area contributed by atoms with Gasteiger partial charge in [0.1, 0.15) is 11.4 Å². The van der Waals surface area contributed by atoms with Crippen molar-refractivity contribution >= 4 is 12.0 Å². The van der Waals surface area contributed by atoms with Gasteiger partial charge in [0.2, 0.25) is 0 Å². The van der Waals surface area contributed by atoms with Gasteiger partial charge in [0.05, 0.1) is 13.3 Å². The number of anilines is 1. The highest BCUT2D eigenvalue weighted by atomic mass is 16.5. The number of methoxy groups -OCH3 is 1. The molecule has 0 unspecified atom stereocenters. The summed E-state index contributed by atoms with van der Waals surface area (Å²) in [4.78, 5) is 0. The van der Waals surface area contributed by atoms with Crippen molar-refractivity contribution in [3.05, 3.63) is 121 Å². The Morgan fingerprint density at radius 3 is 1.74 bits per heavy atom. The minimum atomic E-state index is 0.583. The van der Waals surface area contributed by atoms with Crippen molar-refractivity contribution in [2.45, 2.75) is 0 Å². The number of aromatic nitrogens is 2. The molecule has 5 rings (SSSR count). The molecular formula is C30H24N4O. The normalized spacial score (nSPS) is 10.9. The molecule has 0 atom stereocenters. The fourth-order valence-electron chi connectivity index (χ4n) is 3.94. The molecule has 1 N–H and O–H groups in total. The molecule has 0 spiro atoms. The predicted octanol–water partition coefficient (Wildman–Crippen LogP) is 6.93. The topological polar surface area (TPSA) is 59.4 Å². The van der Waals surface area contributed by atoms with Crippen LogP contribution in [0, 0.1) is 0 Å². The molecule has 5 heteroatoms. The Morgan fingerprint density at radius 2 is 1.17 bits per heavy atom. The van der Waals surface area contributed by atoms with Gasteiger partial charge in [-0.2, -0.15) is 5.10 Å². The van der Waals surface area contributed by atoms with Crippen LogP contribution < -0.4 is 10.2 Å². The molecule has 0 saturated heterocycles. The van der Waals surface area contributed by atoms with Crippen molar-refractivity contribution < 1.29 is 4.74 Å². The zero-order valence-corrected chi connectivity index (χ0v) is 19.3. The maximum absolute atomic E-state index is 5.23. The number of hydrogen-bond acceptors (Lipinski definition) is 5. The quantitative estimate of drug-likeness (QED) is 0.213. The molecule has 5 nitrogen and oxygen atoms in total. The molecule has 1 heterocycles. The summed E-state index contributed by atoms with van der Waals surface area (Å²) in [5, 5.41) is 13.7. The summed E-state index contributed by atoms with van der Waals surface area (Å²) in [6.07, 6.45) is 1.75. The molecule has 170 valence electrons. The van der Waals surface area contributed by atoms with Gasteiger partial charge in [0, 0.05) is 16.7 Å². The fraction of sp³-hybridized carbons (Fsp3) is 0.0333. The van der Waals surface area contributed by atoms with Crippen LogP contribution in [-0.4, -0.2) is 23.5 Å². The van der Waals surface area contributed by atoms with E-state index in [2.05, 4.69) is 57.1 Å². The van der Waals surface area contributed by atoms with Gasteiger partial charge in [-0.3, -0.25) is 5.43 Å². The van der Waals surface area contributed by atoms with Crippen LogP contribution >= 0.6 is 0 Å². The van der Waals surface area contributed by atoms with Crippen molar-refractivity contribution in [1.82, 2.24) is 10.2 Å². The van der Waals surface area contributed by atoms with Crippen LogP contribution in [0.15, 0.2) is 120 Å². The molecule has 5 aromatic rings. The van der Waals surface area contributed by atoms with Crippen LogP contribution in [-0.2, 0) is 0 Å². The molecule has 0 saturated carbocycles. The van der Waals surface area contributed by atoms with Gasteiger partial charge in [-0.25, -0.2) is 0 Å². The summed E-state index contributed by atoms with van der Waals surface area (Å²) < 4.78 is 5.23. The predicted molar refractivity (Wildman–Crippen MR) is 143 cm³/mol. The van der Waals surface area contributed by atoms with Crippen LogP contribution in [0.2, 0.25) is 0 Å². The van der Waals surface area contributed by atoms with Gasteiger partial charge in [0.25, 0.3) is 0 Å². The van der Waals surface area contributed by atoms with Crippen LogP contribution in [0.5, 0.6) is 5.75 Å². The number of hydrogen-bond donors (Lipinski definition) is 1. The van der Waals surface area contributed by atoms with Crippen LogP contribution in [0.3, 0.4) is 0 Å². The molecule has 0 aliphatic carbocycles. The highest BCUT2D eigenvalue weighted by molar-refractivity contribution is 5.97. The highest BCUT2D eigenvalue weighted by Gasteiger charge is 2.20. The van der Waals surface area contributed by atoms with Crippen molar-refractivity contribution in [2.75, 3.05) is 12.5 Å². The molecule has 0 radical (unpaired) electrons. The first kappa shape index (κ1) is 22.0. The second-order valence-corrected chi connectivity index (χ2v) is 7.89. The minimum absolute atomic E-state index is 0.583. The number of benzene rings is 4. The van der Waals surface area contributed by atoms with E-state index < -0.39 is 0 Å². The van der Waals surface area contributed by atoms with E-state index in [9.17, 15) is 0 Å². The maximum Gasteiger partial charge on any atom is 0.177 e. The second kappa shape index (κ2) is 10.4. The Labute approximate surface area is 204 Å². The lowest BCUT2D eigenvalue weighted by atomic mass is 9.91. The average Bonchev–Trinajstić information content (AvgIpc) is 2.94. The largest absolute Gasteiger partial charge is 0.497 e. The molecule has 0 fully saturated rings. The van der Waals surface area contributed by atoms with E-state index in [-0.39, 0.29) is 0 Å². The minimum Gasteiger partial charge on any atom is -0.497 e. The Balaban J connectivity index is 1.65. The molecule has 1 aromatic heterocycles. The summed E-state index contributed by atoms with van der Waals surface area (Å²) in [5.41, 5.74) is 9.94. The number of nitrogens with one attached hydrogen (secondary N) is 1. The lowest BCUT2D eigenvalue weighted by Crippen LogP contribution is -2.03. The summed E-state index contributed by atoms with van der Waals surface area (Å²) in [6.45, 7) is 0. The summed E-state index contributed by atoms with van der Waals surface area (Å²) >= 11 is 0. The third-order valence-electron chi connectivity index (χ3n) is 5.65. The molecule has 0 aliphatic rings. The number of rotatable bonds is 7. The molecule has 0 amide bonds. The van der Waals surface area contributed by atoms with Crippen molar-refractivity contribution in [1.29, 1.82) is 0 Å². The first-order chi connectivity index (χ1) is 17.3. The van der Waals surface area contributed by atoms with E-state index in [1.54, 1.807) is 13.3 Å². The van der Waals surface area contributed by atoms with Gasteiger partial charge in [-0.05, 0) is 41.0 Å². The lowest BCUT2D eigenvalue weighted by molar-refractivity contribution is 0.415. The monoisotopic (exact) mass is 456 g/mol. The zero-order valence-electron chi connectivity index (χ0n) is 19.3. The van der Waals surface area contributed by atoms with Crippen LogP contribution in [0.1, 0.15) is 5.56 Å². The standard InChI is InChI=1S/C30H24N4O/c1-35-26-19-17-22(18-20-26)21-31-33-30-28(24-13-7-3-8-14-24)27(23-11-5-2-6-12-23)29(32-34-30)25-15-9-4-10-16-25/h2-21H,1H3,(H,33,34)/b31-21-. The van der Waals surface area contributed by atoms with Gasteiger partial charge >= 0.3 is 0 Å². The van der Waals surface area contributed by atoms with Crippen LogP contribution in [0.4, 0.5) is 5.82 Å². The Kier molecular flexibility index (Phi) is 6.58. The van der Waals surface area contributed by atoms with Crippen molar-refractivity contribution in [2.24, 2.45) is 5.10 Å². The molecule has 0 bridgehead atoms. The maximum atomic E-state index is 5.23. The van der Waals surface area contributed by atoms with E-state index in [0.717, 1.165) is 44.8 Å². The third-order valence-corrected chi connectivity index (χ3v) is 5.65. The smallest absolute Gasteiger partial charge is 0.177 e. The first-order valence-corrected chi connectivity index (χ1v) is 11.3. The SMILES string of the molecule is COc1ccc(/C=N\Nc2nnc(-c3ccccc3)c(-c3ccccc3)c2-c2ccccc2)cc1. The summed E-state index contributed by atoms with van der Waals surface area (Å²) in [7, 11) is 1.65. The van der Waals surface area contributed by atoms with Crippen molar-refractivity contribution in [3.8, 4) is 39.3 Å². The summed E-state index contributed by atoms with van der Waals surface area (Å²) in [6, 6.07) is 38.3. The van der Waals surface area contributed by atoms with Gasteiger partial charge < -0.3 is 4.74 Å². The average molecular weight is 457 g/mol. The van der Waals surface area contributed by atoms with E-state index in [1.807, 2.05) is 78.9 Å². The van der Waals surface area contributed by atoms with Gasteiger partial charge in [-0.15, -0.1) is 10.2 Å². The Hall–Kier alpha value is -4.77. The summed E-state index contributed by atoms with van der Waals surface area (Å²) in [5.74, 6) is 1.39. The molecular weight excluding hydrogens is 432 g/mol. The zero-order chi connectivity index (χ0) is 23.9. The molecule has 35 heavy (non-hydrogen) atoms. The number of ether oxygens (including phenoxy) is 1. The van der Waals surface area contributed by atoms with E-state index in [4.69, 9.17) is 4.74 Å². The second-order valence-electron chi connectivity index (χ2n) is 7.89. The van der Waals surface area contributed by atoms with Crippen molar-refractivity contribution in [3.63, 3.8) is 0 Å². The Bertz CT molecular complexity index is 1420.